The van der Waals surface area contributed by atoms with Crippen molar-refractivity contribution in [3.8, 4) is 0 Å². The van der Waals surface area contributed by atoms with Gasteiger partial charge in [0.05, 0.1) is 6.42 Å². The molecule has 1 unspecified atom stereocenters. The van der Waals surface area contributed by atoms with E-state index in [9.17, 15) is 9.90 Å². The Labute approximate surface area is 171 Å². The maximum absolute atomic E-state index is 12.9. The number of aryl methyl sites for hydroxylation is 1. The highest BCUT2D eigenvalue weighted by molar-refractivity contribution is 8.03. The monoisotopic (exact) mass is 396 g/mol. The quantitative estimate of drug-likeness (QED) is 0.560. The minimum Gasteiger partial charge on any atom is -0.511 e. The number of thioether (sulfide) groups is 1. The molecule has 3 rings (SSSR count). The Bertz CT molecular complexity index is 857. The molecule has 1 heterocycles. The molecule has 2 aromatic carbocycles. The summed E-state index contributed by atoms with van der Waals surface area (Å²) in [4.78, 5) is 13.2. The third-order valence-corrected chi connectivity index (χ3v) is 6.25. The Morgan fingerprint density at radius 3 is 2.54 bits per heavy atom. The lowest BCUT2D eigenvalue weighted by Gasteiger charge is -2.38. The van der Waals surface area contributed by atoms with Crippen LogP contribution in [0.5, 0.6) is 0 Å². The van der Waals surface area contributed by atoms with Gasteiger partial charge in [0.1, 0.15) is 16.3 Å². The molecule has 1 atom stereocenters. The normalized spacial score (nSPS) is 19.8. The number of hydrogen-bond acceptors (Lipinski definition) is 4. The molecule has 0 spiro atoms. The van der Waals surface area contributed by atoms with Crippen LogP contribution in [0.3, 0.4) is 0 Å². The molecule has 1 aliphatic heterocycles. The molecule has 0 radical (unpaired) electrons. The van der Waals surface area contributed by atoms with Gasteiger partial charge >= 0.3 is 5.97 Å². The molecule has 2 aromatic rings. The molecule has 0 saturated heterocycles. The number of carbonyl (C=O) groups excluding carboxylic acids is 1. The second-order valence-electron chi connectivity index (χ2n) is 7.91. The molecule has 1 aliphatic rings. The van der Waals surface area contributed by atoms with Gasteiger partial charge in [0, 0.05) is 5.75 Å². The lowest BCUT2D eigenvalue weighted by atomic mass is 9.82. The van der Waals surface area contributed by atoms with Crippen molar-refractivity contribution in [2.24, 2.45) is 5.92 Å². The molecule has 0 amide bonds. The maximum atomic E-state index is 12.9. The predicted molar refractivity (Wildman–Crippen MR) is 115 cm³/mol. The van der Waals surface area contributed by atoms with Gasteiger partial charge in [-0.2, -0.15) is 0 Å². The van der Waals surface area contributed by atoms with E-state index in [4.69, 9.17) is 4.74 Å². The summed E-state index contributed by atoms with van der Waals surface area (Å²) in [6.45, 7) is 6.35. The molecule has 4 heteroatoms. The molecule has 3 nitrogen and oxygen atoms in total. The first-order valence-corrected chi connectivity index (χ1v) is 10.8. The summed E-state index contributed by atoms with van der Waals surface area (Å²) in [6.07, 6.45) is 1.94. The van der Waals surface area contributed by atoms with Crippen LogP contribution in [0, 0.1) is 12.8 Å². The Hall–Kier alpha value is -2.20. The van der Waals surface area contributed by atoms with Gasteiger partial charge in [0.2, 0.25) is 0 Å². The van der Waals surface area contributed by atoms with Crippen LogP contribution in [0.4, 0.5) is 0 Å². The number of aliphatic hydroxyl groups is 1. The van der Waals surface area contributed by atoms with Gasteiger partial charge in [0.15, 0.2) is 0 Å². The summed E-state index contributed by atoms with van der Waals surface area (Å²) < 4.78 is 6.03. The van der Waals surface area contributed by atoms with Crippen molar-refractivity contribution < 1.29 is 14.6 Å². The van der Waals surface area contributed by atoms with Crippen LogP contribution < -0.4 is 0 Å². The van der Waals surface area contributed by atoms with Crippen molar-refractivity contribution in [3.63, 3.8) is 0 Å². The van der Waals surface area contributed by atoms with E-state index < -0.39 is 11.6 Å². The van der Waals surface area contributed by atoms with Crippen molar-refractivity contribution in [1.82, 2.24) is 0 Å². The summed E-state index contributed by atoms with van der Waals surface area (Å²) in [7, 11) is 0. The van der Waals surface area contributed by atoms with Crippen LogP contribution in [0.15, 0.2) is 65.3 Å². The number of ether oxygens (including phenoxy) is 1. The van der Waals surface area contributed by atoms with Crippen molar-refractivity contribution in [1.29, 1.82) is 0 Å². The topological polar surface area (TPSA) is 46.5 Å². The molecular weight excluding hydrogens is 368 g/mol. The fourth-order valence-corrected chi connectivity index (χ4v) is 4.43. The smallest absolute Gasteiger partial charge is 0.348 e. The Balaban J connectivity index is 1.83. The zero-order valence-corrected chi connectivity index (χ0v) is 17.6. The van der Waals surface area contributed by atoms with E-state index in [0.29, 0.717) is 29.4 Å². The number of carbonyl (C=O) groups is 1. The molecule has 0 aliphatic carbocycles. The molecule has 1 N–H and O–H groups in total. The van der Waals surface area contributed by atoms with E-state index in [1.165, 1.54) is 17.3 Å². The van der Waals surface area contributed by atoms with Gasteiger partial charge in [-0.15, -0.1) is 11.8 Å². The van der Waals surface area contributed by atoms with Gasteiger partial charge in [-0.3, -0.25) is 0 Å². The third kappa shape index (κ3) is 4.79. The minimum atomic E-state index is -0.792. The van der Waals surface area contributed by atoms with Crippen LogP contribution in [-0.4, -0.2) is 11.1 Å². The van der Waals surface area contributed by atoms with Crippen LogP contribution in [-0.2, 0) is 20.9 Å². The maximum Gasteiger partial charge on any atom is 0.348 e. The number of aliphatic hydroxyl groups excluding tert-OH is 1. The molecule has 148 valence electrons. The summed E-state index contributed by atoms with van der Waals surface area (Å²) >= 11 is 1.35. The lowest BCUT2D eigenvalue weighted by Crippen LogP contribution is -2.37. The zero-order chi connectivity index (χ0) is 20.1. The second-order valence-corrected chi connectivity index (χ2v) is 8.90. The lowest BCUT2D eigenvalue weighted by molar-refractivity contribution is -0.160. The highest BCUT2D eigenvalue weighted by Gasteiger charge is 2.43. The fraction of sp³-hybridized carbons (Fsp3) is 0.375. The summed E-state index contributed by atoms with van der Waals surface area (Å²) in [5.41, 5.74) is 2.45. The molecule has 0 fully saturated rings. The predicted octanol–water partition coefficient (Wildman–Crippen LogP) is 6.28. The van der Waals surface area contributed by atoms with Crippen LogP contribution in [0.25, 0.3) is 0 Å². The molecular formula is C24H28O3S. The average molecular weight is 397 g/mol. The first-order valence-electron chi connectivity index (χ1n) is 9.79. The van der Waals surface area contributed by atoms with Gasteiger partial charge in [-0.05, 0) is 36.8 Å². The van der Waals surface area contributed by atoms with E-state index in [1.807, 2.05) is 55.5 Å². The Kier molecular flexibility index (Phi) is 6.50. The average Bonchev–Trinajstić information content (AvgIpc) is 2.66. The fourth-order valence-electron chi connectivity index (χ4n) is 3.54. The van der Waals surface area contributed by atoms with Crippen LogP contribution in [0.2, 0.25) is 0 Å². The molecule has 28 heavy (non-hydrogen) atoms. The van der Waals surface area contributed by atoms with Crippen molar-refractivity contribution >= 4 is 17.7 Å². The van der Waals surface area contributed by atoms with E-state index in [2.05, 4.69) is 19.9 Å². The SMILES string of the molecule is Cc1cccc(CSC2=C(O)CC(CCC(C)C)(c3ccccc3)OC2=O)c1. The summed E-state index contributed by atoms with van der Waals surface area (Å²) in [5.74, 6) is 0.832. The van der Waals surface area contributed by atoms with E-state index in [-0.39, 0.29) is 5.76 Å². The largest absolute Gasteiger partial charge is 0.511 e. The van der Waals surface area contributed by atoms with Crippen molar-refractivity contribution in [3.05, 3.63) is 82.0 Å². The number of cyclic esters (lactones) is 1. The van der Waals surface area contributed by atoms with Crippen molar-refractivity contribution in [2.75, 3.05) is 0 Å². The van der Waals surface area contributed by atoms with E-state index in [0.717, 1.165) is 17.5 Å². The minimum absolute atomic E-state index is 0.140. The molecule has 0 aromatic heterocycles. The highest BCUT2D eigenvalue weighted by atomic mass is 32.2. The molecule has 0 saturated carbocycles. The Morgan fingerprint density at radius 1 is 1.14 bits per heavy atom. The van der Waals surface area contributed by atoms with E-state index >= 15 is 0 Å². The second kappa shape index (κ2) is 8.87. The van der Waals surface area contributed by atoms with Crippen LogP contribution >= 0.6 is 11.8 Å². The Morgan fingerprint density at radius 2 is 1.89 bits per heavy atom. The number of benzene rings is 2. The first-order chi connectivity index (χ1) is 13.4. The first kappa shape index (κ1) is 20.5. The number of rotatable bonds is 7. The van der Waals surface area contributed by atoms with Crippen molar-refractivity contribution in [2.45, 2.75) is 51.4 Å². The standard InChI is InChI=1S/C24H28O3S/c1-17(2)12-13-24(20-10-5-4-6-11-20)15-21(25)22(23(26)27-24)28-16-19-9-7-8-18(3)14-19/h4-11,14,17,25H,12-13,15-16H2,1-3H3. The summed E-state index contributed by atoms with van der Waals surface area (Å²) in [6, 6.07) is 18.0. The van der Waals surface area contributed by atoms with Crippen LogP contribution in [0.1, 0.15) is 49.8 Å². The number of esters is 1. The molecule has 0 bridgehead atoms. The van der Waals surface area contributed by atoms with Gasteiger partial charge in [-0.1, -0.05) is 74.0 Å². The zero-order valence-electron chi connectivity index (χ0n) is 16.8. The van der Waals surface area contributed by atoms with E-state index in [1.54, 1.807) is 0 Å². The van der Waals surface area contributed by atoms with Gasteiger partial charge in [-0.25, -0.2) is 4.79 Å². The van der Waals surface area contributed by atoms with Gasteiger partial charge < -0.3 is 9.84 Å². The summed E-state index contributed by atoms with van der Waals surface area (Å²) in [5, 5.41) is 10.8. The third-order valence-electron chi connectivity index (χ3n) is 5.08. The highest BCUT2D eigenvalue weighted by Crippen LogP contribution is 2.44. The number of hydrogen-bond donors (Lipinski definition) is 1. The van der Waals surface area contributed by atoms with Gasteiger partial charge in [0.25, 0.3) is 0 Å².